The van der Waals surface area contributed by atoms with Crippen molar-refractivity contribution >= 4 is 0 Å². The van der Waals surface area contributed by atoms with Crippen molar-refractivity contribution in [2.24, 2.45) is 0 Å². The highest BCUT2D eigenvalue weighted by atomic mass is 19.4. The van der Waals surface area contributed by atoms with E-state index >= 15 is 0 Å². The van der Waals surface area contributed by atoms with Gasteiger partial charge in [-0.1, -0.05) is 12.2 Å². The molecule has 0 aliphatic rings. The predicted molar refractivity (Wildman–Crippen MR) is 34.6 cm³/mol. The van der Waals surface area contributed by atoms with Crippen LogP contribution in [0.2, 0.25) is 0 Å². The predicted octanol–water partition coefficient (Wildman–Crippen LogP) is 3.07. The lowest BCUT2D eigenvalue weighted by atomic mass is 10.2. The molecule has 0 aromatic heterocycles. The van der Waals surface area contributed by atoms with Crippen molar-refractivity contribution in [3.63, 3.8) is 0 Å². The van der Waals surface area contributed by atoms with E-state index in [4.69, 9.17) is 0 Å². The van der Waals surface area contributed by atoms with Crippen molar-refractivity contribution < 1.29 is 13.2 Å². The Morgan fingerprint density at radius 1 is 1.30 bits per heavy atom. The molecule has 0 spiro atoms. The second-order valence-corrected chi connectivity index (χ2v) is 1.93. The van der Waals surface area contributed by atoms with E-state index in [0.29, 0.717) is 0 Å². The van der Waals surface area contributed by atoms with Crippen LogP contribution in [0.3, 0.4) is 0 Å². The first-order valence-electron chi connectivity index (χ1n) is 2.84. The summed E-state index contributed by atoms with van der Waals surface area (Å²) >= 11 is 0. The van der Waals surface area contributed by atoms with Crippen LogP contribution in [-0.4, -0.2) is 6.18 Å². The Morgan fingerprint density at radius 2 is 1.80 bits per heavy atom. The minimum Gasteiger partial charge on any atom is -0.167 e. The topological polar surface area (TPSA) is 0 Å². The van der Waals surface area contributed by atoms with Gasteiger partial charge in [0.05, 0.1) is 0 Å². The molecule has 0 fully saturated rings. The summed E-state index contributed by atoms with van der Waals surface area (Å²) < 4.78 is 34.6. The summed E-state index contributed by atoms with van der Waals surface area (Å²) in [5, 5.41) is 0. The highest BCUT2D eigenvalue weighted by molar-refractivity contribution is 5.16. The lowest BCUT2D eigenvalue weighted by molar-refractivity contribution is -0.0803. The Labute approximate surface area is 58.0 Å². The van der Waals surface area contributed by atoms with Crippen LogP contribution in [0.5, 0.6) is 0 Å². The number of hydrogen-bond acceptors (Lipinski definition) is 0. The van der Waals surface area contributed by atoms with Crippen molar-refractivity contribution in [2.75, 3.05) is 0 Å². The quantitative estimate of drug-likeness (QED) is 0.504. The van der Waals surface area contributed by atoms with E-state index < -0.39 is 6.18 Å². The molecular formula is C7H9F3. The molecule has 0 N–H and O–H groups in total. The Kier molecular flexibility index (Phi) is 3.19. The lowest BCUT2D eigenvalue weighted by Gasteiger charge is -1.98. The number of alkyl halides is 3. The third kappa shape index (κ3) is 5.41. The molecule has 0 saturated heterocycles. The monoisotopic (exact) mass is 150 g/mol. The summed E-state index contributed by atoms with van der Waals surface area (Å²) in [4.78, 5) is 0. The maximum atomic E-state index is 11.5. The summed E-state index contributed by atoms with van der Waals surface area (Å²) in [6, 6.07) is 0. The van der Waals surface area contributed by atoms with Gasteiger partial charge in [-0.15, -0.1) is 0 Å². The van der Waals surface area contributed by atoms with Gasteiger partial charge in [0.25, 0.3) is 0 Å². The normalized spacial score (nSPS) is 14.7. The number of rotatable bonds is 1. The van der Waals surface area contributed by atoms with E-state index in [1.54, 1.807) is 13.0 Å². The molecule has 0 aliphatic carbocycles. The third-order valence-electron chi connectivity index (χ3n) is 0.821. The zero-order valence-electron chi connectivity index (χ0n) is 5.87. The summed E-state index contributed by atoms with van der Waals surface area (Å²) in [6.45, 7) is 3.08. The molecule has 10 heavy (non-hydrogen) atoms. The molecule has 0 aromatic carbocycles. The number of hydrogen-bond donors (Lipinski definition) is 0. The molecule has 0 aromatic rings. The van der Waals surface area contributed by atoms with E-state index in [0.717, 1.165) is 0 Å². The van der Waals surface area contributed by atoms with Gasteiger partial charge in [0.2, 0.25) is 0 Å². The van der Waals surface area contributed by atoms with Crippen LogP contribution in [0.15, 0.2) is 23.8 Å². The van der Waals surface area contributed by atoms with Crippen molar-refractivity contribution in [2.45, 2.75) is 20.0 Å². The van der Waals surface area contributed by atoms with Crippen LogP contribution in [0, 0.1) is 0 Å². The fraction of sp³-hybridized carbons (Fsp3) is 0.429. The van der Waals surface area contributed by atoms with Crippen molar-refractivity contribution in [1.82, 2.24) is 0 Å². The van der Waals surface area contributed by atoms with Crippen LogP contribution in [0.1, 0.15) is 13.8 Å². The second kappa shape index (κ2) is 3.44. The van der Waals surface area contributed by atoms with Gasteiger partial charge in [0, 0.05) is 6.08 Å². The van der Waals surface area contributed by atoms with E-state index in [-0.39, 0.29) is 11.6 Å². The molecule has 0 unspecified atom stereocenters. The average molecular weight is 150 g/mol. The Morgan fingerprint density at radius 3 is 2.10 bits per heavy atom. The second-order valence-electron chi connectivity index (χ2n) is 1.93. The largest absolute Gasteiger partial charge is 0.410 e. The maximum absolute atomic E-state index is 11.5. The summed E-state index contributed by atoms with van der Waals surface area (Å²) in [6.07, 6.45) is -0.943. The van der Waals surface area contributed by atoms with Gasteiger partial charge in [0.15, 0.2) is 0 Å². The molecule has 0 rings (SSSR count). The van der Waals surface area contributed by atoms with Crippen LogP contribution < -0.4 is 0 Å². The molecule has 0 nitrogen and oxygen atoms in total. The fourth-order valence-corrected chi connectivity index (χ4v) is 0.569. The third-order valence-corrected chi connectivity index (χ3v) is 0.821. The molecule has 0 heterocycles. The smallest absolute Gasteiger partial charge is 0.167 e. The molecular weight excluding hydrogens is 141 g/mol. The van der Waals surface area contributed by atoms with Gasteiger partial charge in [-0.2, -0.15) is 13.2 Å². The molecule has 0 amide bonds. The standard InChI is InChI=1S/C7H9F3/c1-3-4-6(2)5-7(8,9)10/h3-5H,1-2H3. The minimum atomic E-state index is -4.19. The number of halogens is 3. The summed E-state index contributed by atoms with van der Waals surface area (Å²) in [5.74, 6) is 0. The zero-order chi connectivity index (χ0) is 8.20. The Hall–Kier alpha value is -0.730. The highest BCUT2D eigenvalue weighted by Gasteiger charge is 2.22. The Balaban J connectivity index is 4.17. The lowest BCUT2D eigenvalue weighted by Crippen LogP contribution is -2.01. The molecule has 0 radical (unpaired) electrons. The van der Waals surface area contributed by atoms with Crippen LogP contribution in [0.4, 0.5) is 13.2 Å². The van der Waals surface area contributed by atoms with E-state index in [1.807, 2.05) is 0 Å². The maximum Gasteiger partial charge on any atom is 0.410 e. The van der Waals surface area contributed by atoms with E-state index in [9.17, 15) is 13.2 Å². The fourth-order valence-electron chi connectivity index (χ4n) is 0.569. The van der Waals surface area contributed by atoms with Gasteiger partial charge in [0.1, 0.15) is 0 Å². The van der Waals surface area contributed by atoms with Crippen molar-refractivity contribution in [3.05, 3.63) is 23.8 Å². The average Bonchev–Trinajstić information content (AvgIpc) is 1.59. The van der Waals surface area contributed by atoms with Gasteiger partial charge < -0.3 is 0 Å². The van der Waals surface area contributed by atoms with Crippen LogP contribution in [-0.2, 0) is 0 Å². The van der Waals surface area contributed by atoms with Crippen molar-refractivity contribution in [3.8, 4) is 0 Å². The molecule has 0 atom stereocenters. The van der Waals surface area contributed by atoms with Gasteiger partial charge in [-0.25, -0.2) is 0 Å². The van der Waals surface area contributed by atoms with E-state index in [1.165, 1.54) is 13.0 Å². The van der Waals surface area contributed by atoms with Gasteiger partial charge >= 0.3 is 6.18 Å². The molecule has 0 saturated carbocycles. The highest BCUT2D eigenvalue weighted by Crippen LogP contribution is 2.18. The van der Waals surface area contributed by atoms with Crippen LogP contribution >= 0.6 is 0 Å². The molecule has 3 heteroatoms. The molecule has 0 aliphatic heterocycles. The van der Waals surface area contributed by atoms with E-state index in [2.05, 4.69) is 0 Å². The first kappa shape index (κ1) is 9.27. The summed E-state index contributed by atoms with van der Waals surface area (Å²) in [5.41, 5.74) is 0.218. The Bertz CT molecular complexity index is 151. The summed E-state index contributed by atoms with van der Waals surface area (Å²) in [7, 11) is 0. The first-order chi connectivity index (χ1) is 4.45. The molecule has 58 valence electrons. The zero-order valence-corrected chi connectivity index (χ0v) is 5.87. The number of allylic oxidation sites excluding steroid dienone is 4. The van der Waals surface area contributed by atoms with Gasteiger partial charge in [-0.3, -0.25) is 0 Å². The van der Waals surface area contributed by atoms with Crippen molar-refractivity contribution in [1.29, 1.82) is 0 Å². The first-order valence-corrected chi connectivity index (χ1v) is 2.84. The minimum absolute atomic E-state index is 0.218. The molecule has 0 bridgehead atoms. The van der Waals surface area contributed by atoms with Gasteiger partial charge in [-0.05, 0) is 19.4 Å². The SMILES string of the molecule is CC=CC(C)=CC(F)(F)F. The van der Waals surface area contributed by atoms with Crippen LogP contribution in [0.25, 0.3) is 0 Å².